The van der Waals surface area contributed by atoms with Crippen LogP contribution in [0.25, 0.3) is 21.8 Å². The van der Waals surface area contributed by atoms with Crippen molar-refractivity contribution in [2.24, 2.45) is 5.11 Å². The van der Waals surface area contributed by atoms with Crippen molar-refractivity contribution in [3.63, 3.8) is 0 Å². The van der Waals surface area contributed by atoms with Crippen LogP contribution in [0.1, 0.15) is 0 Å². The van der Waals surface area contributed by atoms with E-state index >= 15 is 0 Å². The standard InChI is InChI=1S/C10H7N5O/c11-14-13-8-4-6-15(16)10(7-8)9-3-1-2-5-12-9/h1-7H. The molecule has 6 heteroatoms. The number of rotatable bonds is 2. The Morgan fingerprint density at radius 1 is 1.38 bits per heavy atom. The number of hydrogen-bond donors (Lipinski definition) is 0. The van der Waals surface area contributed by atoms with Gasteiger partial charge in [-0.15, -0.1) is 0 Å². The van der Waals surface area contributed by atoms with Gasteiger partial charge in [-0.25, -0.2) is 4.98 Å². The lowest BCUT2D eigenvalue weighted by Gasteiger charge is -2.03. The summed E-state index contributed by atoms with van der Waals surface area (Å²) in [4.78, 5) is 6.72. The van der Waals surface area contributed by atoms with Crippen LogP contribution in [0.2, 0.25) is 0 Å². The zero-order valence-electron chi connectivity index (χ0n) is 8.19. The maximum atomic E-state index is 11.5. The topological polar surface area (TPSA) is 88.6 Å². The van der Waals surface area contributed by atoms with Crippen molar-refractivity contribution in [1.29, 1.82) is 0 Å². The van der Waals surface area contributed by atoms with Crippen LogP contribution in [0.3, 0.4) is 0 Å². The summed E-state index contributed by atoms with van der Waals surface area (Å²) >= 11 is 0. The summed E-state index contributed by atoms with van der Waals surface area (Å²) in [6.45, 7) is 0. The van der Waals surface area contributed by atoms with Gasteiger partial charge in [-0.05, 0) is 17.7 Å². The Morgan fingerprint density at radius 3 is 2.94 bits per heavy atom. The van der Waals surface area contributed by atoms with E-state index in [9.17, 15) is 5.21 Å². The third kappa shape index (κ3) is 1.92. The molecule has 0 unspecified atom stereocenters. The van der Waals surface area contributed by atoms with Gasteiger partial charge in [0.15, 0.2) is 6.20 Å². The Hall–Kier alpha value is -2.59. The number of nitrogens with zero attached hydrogens (tertiary/aromatic N) is 5. The average molecular weight is 213 g/mol. The molecule has 0 spiro atoms. The highest BCUT2D eigenvalue weighted by molar-refractivity contribution is 5.55. The fraction of sp³-hybridized carbons (Fsp3) is 0. The van der Waals surface area contributed by atoms with Gasteiger partial charge in [-0.2, -0.15) is 4.73 Å². The maximum Gasteiger partial charge on any atom is 0.242 e. The van der Waals surface area contributed by atoms with E-state index < -0.39 is 0 Å². The average Bonchev–Trinajstić information content (AvgIpc) is 2.33. The molecule has 0 saturated heterocycles. The lowest BCUT2D eigenvalue weighted by atomic mass is 10.2. The lowest BCUT2D eigenvalue weighted by Crippen LogP contribution is -2.28. The molecule has 0 aliphatic heterocycles. The number of azide groups is 1. The van der Waals surface area contributed by atoms with Crippen LogP contribution < -0.4 is 4.73 Å². The first-order valence-electron chi connectivity index (χ1n) is 4.51. The summed E-state index contributed by atoms with van der Waals surface area (Å²) in [5.41, 5.74) is 9.58. The SMILES string of the molecule is [N-]=[N+]=Nc1cc[n+]([O-])c(-c2ccccn2)c1. The predicted octanol–water partition coefficient (Wildman–Crippen LogP) is 2.32. The van der Waals surface area contributed by atoms with Crippen molar-refractivity contribution >= 4 is 5.69 Å². The summed E-state index contributed by atoms with van der Waals surface area (Å²) in [7, 11) is 0. The first-order valence-corrected chi connectivity index (χ1v) is 4.51. The van der Waals surface area contributed by atoms with Crippen molar-refractivity contribution in [3.05, 3.63) is 58.4 Å². The van der Waals surface area contributed by atoms with Gasteiger partial charge in [0.2, 0.25) is 5.69 Å². The molecule has 16 heavy (non-hydrogen) atoms. The highest BCUT2D eigenvalue weighted by atomic mass is 16.5. The summed E-state index contributed by atoms with van der Waals surface area (Å²) in [5.74, 6) is 0. The Morgan fingerprint density at radius 2 is 2.25 bits per heavy atom. The largest absolute Gasteiger partial charge is 0.618 e. The normalized spacial score (nSPS) is 9.50. The van der Waals surface area contributed by atoms with Crippen LogP contribution in [0, 0.1) is 5.21 Å². The lowest BCUT2D eigenvalue weighted by molar-refractivity contribution is -0.593. The fourth-order valence-electron chi connectivity index (χ4n) is 1.29. The van der Waals surface area contributed by atoms with E-state index in [0.29, 0.717) is 21.8 Å². The number of pyridine rings is 2. The second kappa shape index (κ2) is 4.29. The second-order valence-corrected chi connectivity index (χ2v) is 3.00. The van der Waals surface area contributed by atoms with E-state index in [1.54, 1.807) is 24.4 Å². The molecule has 0 saturated carbocycles. The van der Waals surface area contributed by atoms with Gasteiger partial charge in [-0.3, -0.25) is 0 Å². The maximum absolute atomic E-state index is 11.5. The van der Waals surface area contributed by atoms with Crippen LogP contribution in [0.5, 0.6) is 0 Å². The van der Waals surface area contributed by atoms with Gasteiger partial charge in [0.25, 0.3) is 0 Å². The minimum atomic E-state index is 0.352. The summed E-state index contributed by atoms with van der Waals surface area (Å²) in [6, 6.07) is 8.19. The van der Waals surface area contributed by atoms with Gasteiger partial charge >= 0.3 is 0 Å². The highest BCUT2D eigenvalue weighted by Crippen LogP contribution is 2.18. The third-order valence-corrected chi connectivity index (χ3v) is 1.99. The van der Waals surface area contributed by atoms with E-state index in [1.807, 2.05) is 0 Å². The van der Waals surface area contributed by atoms with Gasteiger partial charge < -0.3 is 5.21 Å². The zero-order valence-corrected chi connectivity index (χ0v) is 8.19. The minimum Gasteiger partial charge on any atom is -0.618 e. The number of aromatic nitrogens is 2. The van der Waals surface area contributed by atoms with E-state index in [2.05, 4.69) is 15.0 Å². The van der Waals surface area contributed by atoms with Crippen LogP contribution >= 0.6 is 0 Å². The Labute approximate surface area is 91.0 Å². The van der Waals surface area contributed by atoms with E-state index in [4.69, 9.17) is 5.53 Å². The summed E-state index contributed by atoms with van der Waals surface area (Å²) < 4.78 is 0.679. The van der Waals surface area contributed by atoms with Crippen molar-refractivity contribution in [3.8, 4) is 11.4 Å². The van der Waals surface area contributed by atoms with E-state index in [0.717, 1.165) is 0 Å². The molecule has 2 rings (SSSR count). The molecule has 0 atom stereocenters. The van der Waals surface area contributed by atoms with Crippen molar-refractivity contribution in [2.45, 2.75) is 0 Å². The molecule has 78 valence electrons. The molecule has 0 radical (unpaired) electrons. The predicted molar refractivity (Wildman–Crippen MR) is 57.4 cm³/mol. The van der Waals surface area contributed by atoms with Gasteiger partial charge in [0.1, 0.15) is 5.69 Å². The molecule has 0 aromatic carbocycles. The molecule has 0 bridgehead atoms. The monoisotopic (exact) mass is 213 g/mol. The molecule has 2 aromatic heterocycles. The first-order chi connectivity index (χ1) is 7.81. The number of hydrogen-bond acceptors (Lipinski definition) is 3. The van der Waals surface area contributed by atoms with Gasteiger partial charge in [-0.1, -0.05) is 11.2 Å². The second-order valence-electron chi connectivity index (χ2n) is 3.00. The Balaban J connectivity index is 2.56. The molecule has 0 aliphatic carbocycles. The molecule has 0 fully saturated rings. The van der Waals surface area contributed by atoms with Crippen molar-refractivity contribution in [2.75, 3.05) is 0 Å². The van der Waals surface area contributed by atoms with Crippen molar-refractivity contribution < 1.29 is 4.73 Å². The van der Waals surface area contributed by atoms with Crippen LogP contribution in [-0.4, -0.2) is 4.98 Å². The molecule has 0 amide bonds. The molecular formula is C10H7N5O. The molecule has 0 aliphatic rings. The summed E-state index contributed by atoms with van der Waals surface area (Å²) in [6.07, 6.45) is 2.88. The van der Waals surface area contributed by atoms with Crippen molar-refractivity contribution in [1.82, 2.24) is 4.98 Å². The zero-order chi connectivity index (χ0) is 11.4. The van der Waals surface area contributed by atoms with Crippen LogP contribution in [-0.2, 0) is 0 Å². The first kappa shape index (κ1) is 9.95. The molecule has 2 heterocycles. The minimum absolute atomic E-state index is 0.352. The summed E-state index contributed by atoms with van der Waals surface area (Å²) in [5, 5.41) is 15.0. The quantitative estimate of drug-likeness (QED) is 0.252. The Bertz CT molecular complexity index is 548. The molecular weight excluding hydrogens is 206 g/mol. The Kier molecular flexibility index (Phi) is 2.67. The van der Waals surface area contributed by atoms with E-state index in [-0.39, 0.29) is 0 Å². The molecule has 0 N–H and O–H groups in total. The van der Waals surface area contributed by atoms with Crippen LogP contribution in [0.15, 0.2) is 47.8 Å². The molecule has 6 nitrogen and oxygen atoms in total. The smallest absolute Gasteiger partial charge is 0.242 e. The molecule has 2 aromatic rings. The highest BCUT2D eigenvalue weighted by Gasteiger charge is 2.09. The fourth-order valence-corrected chi connectivity index (χ4v) is 1.29. The third-order valence-electron chi connectivity index (χ3n) is 1.99. The van der Waals surface area contributed by atoms with E-state index in [1.165, 1.54) is 18.3 Å². The van der Waals surface area contributed by atoms with Gasteiger partial charge in [0, 0.05) is 23.2 Å². The van der Waals surface area contributed by atoms with Crippen LogP contribution in [0.4, 0.5) is 5.69 Å². The van der Waals surface area contributed by atoms with Gasteiger partial charge in [0.05, 0.1) is 5.69 Å².